The first-order valence-electron chi connectivity index (χ1n) is 11.2. The van der Waals surface area contributed by atoms with Crippen molar-refractivity contribution in [1.29, 1.82) is 0 Å². The van der Waals surface area contributed by atoms with Gasteiger partial charge in [-0.3, -0.25) is 4.40 Å². The number of hydrogen-bond donors (Lipinski definition) is 2. The van der Waals surface area contributed by atoms with Crippen molar-refractivity contribution in [2.45, 2.75) is 18.7 Å². The fourth-order valence-corrected chi connectivity index (χ4v) is 4.95. The lowest BCUT2D eigenvalue weighted by molar-refractivity contribution is 0.600. The summed E-state index contributed by atoms with van der Waals surface area (Å²) in [6.07, 6.45) is 4.61. The molecule has 3 heterocycles. The summed E-state index contributed by atoms with van der Waals surface area (Å²) in [6.45, 7) is 3.92. The molecule has 0 aliphatic rings. The van der Waals surface area contributed by atoms with E-state index in [-0.39, 0.29) is 16.0 Å². The number of thiol groups is 1. The second-order valence-electron chi connectivity index (χ2n) is 8.70. The molecule has 3 aromatic carbocycles. The highest BCUT2D eigenvalue weighted by molar-refractivity contribution is 7.80. The van der Waals surface area contributed by atoms with Crippen LogP contribution in [-0.2, 0) is 0 Å². The van der Waals surface area contributed by atoms with Gasteiger partial charge in [0.05, 0.1) is 34.8 Å². The minimum Gasteiger partial charge on any atom is -0.345 e. The van der Waals surface area contributed by atoms with Crippen molar-refractivity contribution in [3.63, 3.8) is 0 Å². The van der Waals surface area contributed by atoms with Crippen LogP contribution in [0.2, 0.25) is 0 Å². The molecule has 6 rings (SSSR count). The molecule has 0 radical (unpaired) electrons. The van der Waals surface area contributed by atoms with Crippen LogP contribution in [0.5, 0.6) is 0 Å². The Kier molecular flexibility index (Phi) is 5.15. The van der Waals surface area contributed by atoms with Crippen molar-refractivity contribution in [2.24, 2.45) is 0 Å². The van der Waals surface area contributed by atoms with Gasteiger partial charge < -0.3 is 4.98 Å². The Hall–Kier alpha value is -4.04. The topological polar surface area (TPSA) is 46.0 Å². The summed E-state index contributed by atoms with van der Waals surface area (Å²) in [4.78, 5) is 11.7. The van der Waals surface area contributed by atoms with Gasteiger partial charge in [0.25, 0.3) is 0 Å². The zero-order chi connectivity index (χ0) is 25.1. The van der Waals surface area contributed by atoms with Crippen molar-refractivity contribution < 1.29 is 13.2 Å². The number of nitrogens with one attached hydrogen (secondary N) is 1. The number of hydrogen-bond acceptors (Lipinski definition) is 3. The quantitative estimate of drug-likeness (QED) is 0.247. The van der Waals surface area contributed by atoms with E-state index in [0.29, 0.717) is 33.5 Å². The van der Waals surface area contributed by atoms with E-state index < -0.39 is 17.5 Å². The lowest BCUT2D eigenvalue weighted by Crippen LogP contribution is -1.98. The van der Waals surface area contributed by atoms with Crippen LogP contribution in [0.3, 0.4) is 0 Å². The average molecular weight is 501 g/mol. The number of fused-ring (bicyclic) bond motifs is 2. The van der Waals surface area contributed by atoms with Crippen molar-refractivity contribution >= 4 is 29.3 Å². The van der Waals surface area contributed by atoms with E-state index in [4.69, 9.17) is 0 Å². The lowest BCUT2D eigenvalue weighted by atomic mass is 9.97. The van der Waals surface area contributed by atoms with E-state index in [9.17, 15) is 4.39 Å². The molecule has 0 atom stereocenters. The first-order chi connectivity index (χ1) is 17.3. The average Bonchev–Trinajstić information content (AvgIpc) is 3.50. The molecule has 8 heteroatoms. The molecule has 0 aliphatic carbocycles. The Morgan fingerprint density at radius 2 is 1.69 bits per heavy atom. The predicted octanol–water partition coefficient (Wildman–Crippen LogP) is 7.53. The van der Waals surface area contributed by atoms with E-state index in [1.807, 2.05) is 32.0 Å². The van der Waals surface area contributed by atoms with Crippen LogP contribution in [0.15, 0.2) is 72.1 Å². The van der Waals surface area contributed by atoms with Crippen LogP contribution >= 0.6 is 12.6 Å². The van der Waals surface area contributed by atoms with Crippen molar-refractivity contribution in [3.05, 3.63) is 95.8 Å². The normalized spacial score (nSPS) is 11.6. The maximum absolute atomic E-state index is 15.3. The lowest BCUT2D eigenvalue weighted by Gasteiger charge is -2.13. The zero-order valence-electron chi connectivity index (χ0n) is 19.3. The molecule has 0 fully saturated rings. The fourth-order valence-electron chi connectivity index (χ4n) is 4.69. The standard InChI is InChI=1S/C28H19F3N4S/c1-14-4-3-5-17(15(14)2)25-20(30)8-9-35-22(12-32-28(25)35)16-10-18(26(31)23(36)11-16)24-19(29)6-7-21-27(24)34-13-33-21/h3-13,36H,1-2H3,(H,33,34). The van der Waals surface area contributed by atoms with Gasteiger partial charge in [0.2, 0.25) is 0 Å². The summed E-state index contributed by atoms with van der Waals surface area (Å²) >= 11 is 4.33. The third kappa shape index (κ3) is 3.32. The molecular formula is C28H19F3N4S. The number of rotatable bonds is 3. The van der Waals surface area contributed by atoms with Crippen LogP contribution in [0.25, 0.3) is 50.2 Å². The van der Waals surface area contributed by atoms with Gasteiger partial charge in [0.15, 0.2) is 0 Å². The molecule has 178 valence electrons. The Morgan fingerprint density at radius 1 is 0.889 bits per heavy atom. The molecule has 0 unspecified atom stereocenters. The molecule has 4 nitrogen and oxygen atoms in total. The first-order valence-corrected chi connectivity index (χ1v) is 11.7. The zero-order valence-corrected chi connectivity index (χ0v) is 20.2. The third-order valence-electron chi connectivity index (χ3n) is 6.66. The second-order valence-corrected chi connectivity index (χ2v) is 9.18. The van der Waals surface area contributed by atoms with Crippen LogP contribution in [0, 0.1) is 31.3 Å². The van der Waals surface area contributed by atoms with Crippen molar-refractivity contribution in [2.75, 3.05) is 0 Å². The largest absolute Gasteiger partial charge is 0.345 e. The maximum atomic E-state index is 15.3. The molecule has 36 heavy (non-hydrogen) atoms. The SMILES string of the molecule is Cc1cccc(-c2c(F)ccn3c(-c4cc(S)c(F)c(-c5c(F)ccc6[nH]cnc56)c4)cnc23)c1C. The number of halogens is 3. The van der Waals surface area contributed by atoms with Gasteiger partial charge in [-0.25, -0.2) is 23.1 Å². The summed E-state index contributed by atoms with van der Waals surface area (Å²) in [5.41, 5.74) is 5.65. The number of aromatic nitrogens is 4. The number of benzene rings is 3. The van der Waals surface area contributed by atoms with Gasteiger partial charge in [-0.1, -0.05) is 18.2 Å². The van der Waals surface area contributed by atoms with Gasteiger partial charge in [-0.2, -0.15) is 0 Å². The van der Waals surface area contributed by atoms with E-state index in [0.717, 1.165) is 16.7 Å². The third-order valence-corrected chi connectivity index (χ3v) is 6.99. The van der Waals surface area contributed by atoms with Crippen LogP contribution in [0.4, 0.5) is 13.2 Å². The highest BCUT2D eigenvalue weighted by Crippen LogP contribution is 2.38. The number of pyridine rings is 1. The minimum absolute atomic E-state index is 0.0273. The van der Waals surface area contributed by atoms with Crippen molar-refractivity contribution in [1.82, 2.24) is 19.4 Å². The van der Waals surface area contributed by atoms with Crippen LogP contribution in [-0.4, -0.2) is 19.4 Å². The molecule has 0 amide bonds. The molecule has 0 bridgehead atoms. The molecule has 3 aromatic heterocycles. The summed E-state index contributed by atoms with van der Waals surface area (Å²) in [5, 5.41) is 0. The van der Waals surface area contributed by atoms with Gasteiger partial charge >= 0.3 is 0 Å². The maximum Gasteiger partial charge on any atom is 0.148 e. The van der Waals surface area contributed by atoms with Gasteiger partial charge in [0, 0.05) is 27.8 Å². The Bertz CT molecular complexity index is 1820. The molecule has 0 saturated heterocycles. The molecular weight excluding hydrogens is 481 g/mol. The number of aryl methyl sites for hydroxylation is 1. The van der Waals surface area contributed by atoms with Gasteiger partial charge in [-0.15, -0.1) is 12.6 Å². The van der Waals surface area contributed by atoms with E-state index in [1.165, 1.54) is 18.5 Å². The monoisotopic (exact) mass is 500 g/mol. The van der Waals surface area contributed by atoms with Crippen LogP contribution in [0.1, 0.15) is 11.1 Å². The summed E-state index contributed by atoms with van der Waals surface area (Å²) < 4.78 is 47.1. The highest BCUT2D eigenvalue weighted by atomic mass is 32.1. The minimum atomic E-state index is -0.660. The van der Waals surface area contributed by atoms with E-state index in [1.54, 1.807) is 35.0 Å². The number of H-pyrrole nitrogens is 1. The summed E-state index contributed by atoms with van der Waals surface area (Å²) in [5.74, 6) is -1.65. The molecule has 0 spiro atoms. The fraction of sp³-hybridized carbons (Fsp3) is 0.0714. The van der Waals surface area contributed by atoms with E-state index >= 15 is 8.78 Å². The van der Waals surface area contributed by atoms with Crippen molar-refractivity contribution in [3.8, 4) is 33.5 Å². The van der Waals surface area contributed by atoms with Crippen LogP contribution < -0.4 is 0 Å². The molecule has 0 saturated carbocycles. The number of nitrogens with zero attached hydrogens (tertiary/aromatic N) is 3. The smallest absolute Gasteiger partial charge is 0.148 e. The first kappa shape index (κ1) is 22.4. The molecule has 6 aromatic rings. The Balaban J connectivity index is 1.60. The highest BCUT2D eigenvalue weighted by Gasteiger charge is 2.22. The number of aromatic amines is 1. The van der Waals surface area contributed by atoms with Gasteiger partial charge in [-0.05, 0) is 60.9 Å². The molecule has 0 aliphatic heterocycles. The van der Waals surface area contributed by atoms with E-state index in [2.05, 4.69) is 27.6 Å². The Morgan fingerprint density at radius 3 is 2.53 bits per heavy atom. The Labute approximate surface area is 209 Å². The predicted molar refractivity (Wildman–Crippen MR) is 138 cm³/mol. The molecule has 1 N–H and O–H groups in total. The summed E-state index contributed by atoms with van der Waals surface area (Å²) in [7, 11) is 0. The number of imidazole rings is 2. The van der Waals surface area contributed by atoms with Gasteiger partial charge in [0.1, 0.15) is 23.1 Å². The second kappa shape index (κ2) is 8.27. The summed E-state index contributed by atoms with van der Waals surface area (Å²) in [6, 6.07) is 13.0.